The predicted molar refractivity (Wildman–Crippen MR) is 137 cm³/mol. The lowest BCUT2D eigenvalue weighted by Crippen LogP contribution is -2.51. The van der Waals surface area contributed by atoms with Crippen LogP contribution in [0.2, 0.25) is 0 Å². The Balaban J connectivity index is 1.48. The second-order valence-electron chi connectivity index (χ2n) is 9.44. The SMILES string of the molecule is CCCOCc1ncc(-c2ccc3ncc4cc3c2CCCCNC(=O)[C@@H]2C[C@H](CCN2)N4)cn1. The maximum absolute atomic E-state index is 12.6. The molecule has 1 saturated heterocycles. The zero-order valence-corrected chi connectivity index (χ0v) is 20.3. The first-order valence-electron chi connectivity index (χ1n) is 12.8. The molecule has 3 N–H and O–H groups in total. The molecule has 4 bridgehead atoms. The van der Waals surface area contributed by atoms with Gasteiger partial charge in [-0.1, -0.05) is 13.0 Å². The molecule has 2 aliphatic heterocycles. The molecule has 1 aromatic carbocycles. The van der Waals surface area contributed by atoms with Crippen molar-refractivity contribution in [1.29, 1.82) is 0 Å². The Labute approximate surface area is 206 Å². The van der Waals surface area contributed by atoms with E-state index in [1.54, 1.807) is 0 Å². The van der Waals surface area contributed by atoms with Gasteiger partial charge in [-0.15, -0.1) is 0 Å². The van der Waals surface area contributed by atoms with E-state index in [1.807, 2.05) is 18.6 Å². The summed E-state index contributed by atoms with van der Waals surface area (Å²) >= 11 is 0. The Morgan fingerprint density at radius 1 is 1.09 bits per heavy atom. The fraction of sp³-hybridized carbons (Fsp3) is 0.481. The number of benzene rings is 1. The van der Waals surface area contributed by atoms with Crippen molar-refractivity contribution in [3.05, 3.63) is 48.2 Å². The maximum Gasteiger partial charge on any atom is 0.237 e. The maximum atomic E-state index is 12.6. The molecule has 3 aromatic rings. The molecule has 1 amide bonds. The van der Waals surface area contributed by atoms with E-state index in [0.29, 0.717) is 25.6 Å². The lowest BCUT2D eigenvalue weighted by Gasteiger charge is -2.31. The number of carbonyl (C=O) groups is 1. The predicted octanol–water partition coefficient (Wildman–Crippen LogP) is 3.60. The summed E-state index contributed by atoms with van der Waals surface area (Å²) in [7, 11) is 0. The lowest BCUT2D eigenvalue weighted by molar-refractivity contribution is -0.123. The summed E-state index contributed by atoms with van der Waals surface area (Å²) in [4.78, 5) is 26.5. The van der Waals surface area contributed by atoms with Crippen LogP contribution < -0.4 is 16.0 Å². The third-order valence-corrected chi connectivity index (χ3v) is 6.82. The van der Waals surface area contributed by atoms with Crippen molar-refractivity contribution < 1.29 is 9.53 Å². The number of ether oxygens (including phenoxy) is 1. The number of aryl methyl sites for hydroxylation is 1. The number of fused-ring (bicyclic) bond motifs is 3. The third-order valence-electron chi connectivity index (χ3n) is 6.82. The topological polar surface area (TPSA) is 101 Å². The van der Waals surface area contributed by atoms with Gasteiger partial charge in [-0.3, -0.25) is 9.78 Å². The van der Waals surface area contributed by atoms with Crippen molar-refractivity contribution in [2.24, 2.45) is 0 Å². The van der Waals surface area contributed by atoms with Crippen molar-refractivity contribution in [3.63, 3.8) is 0 Å². The summed E-state index contributed by atoms with van der Waals surface area (Å²) < 4.78 is 5.58. The van der Waals surface area contributed by atoms with Gasteiger partial charge in [0.15, 0.2) is 5.82 Å². The van der Waals surface area contributed by atoms with Gasteiger partial charge >= 0.3 is 0 Å². The number of nitrogens with zero attached hydrogens (tertiary/aromatic N) is 3. The number of carbonyl (C=O) groups excluding carboxylic acids is 1. The fourth-order valence-electron chi connectivity index (χ4n) is 5.00. The van der Waals surface area contributed by atoms with E-state index in [-0.39, 0.29) is 18.0 Å². The standard InChI is InChI=1S/C27H34N6O2/c1-2-11-35-17-26-31-14-18(15-32-26)21-6-7-24-23-12-20(16-30-24)33-19-8-10-28-25(13-19)27(34)29-9-4-3-5-22(21)23/h6-7,12,14-16,19,25,28,33H,2-5,8-11,13,17H2,1H3,(H,29,34)/t19-,25-/m0/s1. The average molecular weight is 475 g/mol. The Hall–Kier alpha value is -3.10. The van der Waals surface area contributed by atoms with Crippen LogP contribution in [-0.4, -0.2) is 52.6 Å². The monoisotopic (exact) mass is 474 g/mol. The number of anilines is 1. The minimum atomic E-state index is -0.143. The highest BCUT2D eigenvalue weighted by Crippen LogP contribution is 2.32. The number of amides is 1. The van der Waals surface area contributed by atoms with Crippen LogP contribution in [0.1, 0.15) is 50.4 Å². The molecule has 1 fully saturated rings. The fourth-order valence-corrected chi connectivity index (χ4v) is 5.00. The number of aromatic nitrogens is 3. The highest BCUT2D eigenvalue weighted by atomic mass is 16.5. The number of piperidine rings is 1. The molecule has 2 atom stereocenters. The van der Waals surface area contributed by atoms with E-state index in [0.717, 1.165) is 72.8 Å². The molecule has 35 heavy (non-hydrogen) atoms. The van der Waals surface area contributed by atoms with Crippen LogP contribution in [0.3, 0.4) is 0 Å². The molecular formula is C27H34N6O2. The van der Waals surface area contributed by atoms with Gasteiger partial charge in [-0.25, -0.2) is 9.97 Å². The number of rotatable bonds is 5. The summed E-state index contributed by atoms with van der Waals surface area (Å²) in [5.74, 6) is 0.798. The van der Waals surface area contributed by atoms with Crippen molar-refractivity contribution >= 4 is 22.5 Å². The molecule has 0 unspecified atom stereocenters. The van der Waals surface area contributed by atoms with Gasteiger partial charge in [0, 0.05) is 42.5 Å². The Bertz CT molecular complexity index is 1170. The molecule has 0 aliphatic carbocycles. The largest absolute Gasteiger partial charge is 0.381 e. The summed E-state index contributed by atoms with van der Waals surface area (Å²) in [6.45, 7) is 4.74. The van der Waals surface area contributed by atoms with Gasteiger partial charge in [0.1, 0.15) is 6.61 Å². The first-order valence-corrected chi connectivity index (χ1v) is 12.8. The van der Waals surface area contributed by atoms with Crippen LogP contribution in [-0.2, 0) is 22.6 Å². The molecule has 184 valence electrons. The summed E-state index contributed by atoms with van der Waals surface area (Å²) in [6, 6.07) is 6.52. The number of pyridine rings is 1. The number of hydrogen-bond donors (Lipinski definition) is 3. The first-order chi connectivity index (χ1) is 17.2. The van der Waals surface area contributed by atoms with E-state index < -0.39 is 0 Å². The van der Waals surface area contributed by atoms with Crippen molar-refractivity contribution in [3.8, 4) is 11.1 Å². The van der Waals surface area contributed by atoms with Crippen molar-refractivity contribution in [2.75, 3.05) is 25.0 Å². The van der Waals surface area contributed by atoms with Gasteiger partial charge in [0.25, 0.3) is 0 Å². The zero-order valence-electron chi connectivity index (χ0n) is 20.3. The number of nitrogens with one attached hydrogen (secondary N) is 3. The van der Waals surface area contributed by atoms with Gasteiger partial charge in [0.2, 0.25) is 5.91 Å². The van der Waals surface area contributed by atoms with E-state index in [9.17, 15) is 4.79 Å². The van der Waals surface area contributed by atoms with Crippen molar-refractivity contribution in [1.82, 2.24) is 25.6 Å². The first kappa shape index (κ1) is 23.6. The molecule has 2 aromatic heterocycles. The van der Waals surface area contributed by atoms with E-state index in [4.69, 9.17) is 9.72 Å². The second kappa shape index (κ2) is 11.1. The molecule has 0 saturated carbocycles. The zero-order chi connectivity index (χ0) is 24.0. The lowest BCUT2D eigenvalue weighted by atomic mass is 9.93. The highest BCUT2D eigenvalue weighted by Gasteiger charge is 2.27. The van der Waals surface area contributed by atoms with Gasteiger partial charge in [-0.05, 0) is 68.3 Å². The molecule has 0 radical (unpaired) electrons. The van der Waals surface area contributed by atoms with Crippen LogP contribution in [0.15, 0.2) is 36.8 Å². The van der Waals surface area contributed by atoms with Gasteiger partial charge in [0.05, 0.1) is 23.4 Å². The molecule has 8 nitrogen and oxygen atoms in total. The van der Waals surface area contributed by atoms with E-state index >= 15 is 0 Å². The minimum Gasteiger partial charge on any atom is -0.381 e. The Kier molecular flexibility index (Phi) is 7.49. The Morgan fingerprint density at radius 3 is 2.83 bits per heavy atom. The van der Waals surface area contributed by atoms with Crippen LogP contribution in [0.5, 0.6) is 0 Å². The third kappa shape index (κ3) is 5.60. The van der Waals surface area contributed by atoms with Gasteiger partial charge < -0.3 is 20.7 Å². The molecule has 0 spiro atoms. The quantitative estimate of drug-likeness (QED) is 0.486. The second-order valence-corrected chi connectivity index (χ2v) is 9.44. The van der Waals surface area contributed by atoms with Gasteiger partial charge in [-0.2, -0.15) is 0 Å². The van der Waals surface area contributed by atoms with E-state index in [1.165, 1.54) is 5.56 Å². The normalized spacial score (nSPS) is 20.8. The van der Waals surface area contributed by atoms with Crippen LogP contribution >= 0.6 is 0 Å². The summed E-state index contributed by atoms with van der Waals surface area (Å²) in [5, 5.41) is 11.3. The molecule has 4 heterocycles. The highest BCUT2D eigenvalue weighted by molar-refractivity contribution is 5.91. The smallest absolute Gasteiger partial charge is 0.237 e. The molecule has 8 heteroatoms. The summed E-state index contributed by atoms with van der Waals surface area (Å²) in [5.41, 5.74) is 5.37. The number of hydrogen-bond acceptors (Lipinski definition) is 7. The van der Waals surface area contributed by atoms with Crippen LogP contribution in [0.4, 0.5) is 5.69 Å². The molecule has 2 aliphatic rings. The van der Waals surface area contributed by atoms with Crippen molar-refractivity contribution in [2.45, 2.75) is 64.1 Å². The molecule has 5 rings (SSSR count). The van der Waals surface area contributed by atoms with Crippen LogP contribution in [0, 0.1) is 0 Å². The molecular weight excluding hydrogens is 440 g/mol. The summed E-state index contributed by atoms with van der Waals surface area (Å²) in [6.07, 6.45) is 11.2. The average Bonchev–Trinajstić information content (AvgIpc) is 2.89. The minimum absolute atomic E-state index is 0.100. The van der Waals surface area contributed by atoms with E-state index in [2.05, 4.69) is 51.0 Å². The van der Waals surface area contributed by atoms with Crippen LogP contribution in [0.25, 0.3) is 22.0 Å². The Morgan fingerprint density at radius 2 is 1.97 bits per heavy atom.